The maximum atomic E-state index is 11.8. The monoisotopic (exact) mass is 221 g/mol. The molecule has 1 aromatic heterocycles. The van der Waals surface area contributed by atoms with E-state index in [2.05, 4.69) is 10.4 Å². The molecule has 0 saturated carbocycles. The molecule has 1 aromatic rings. The lowest BCUT2D eigenvalue weighted by atomic mass is 10.3. The lowest BCUT2D eigenvalue weighted by Gasteiger charge is -2.04. The van der Waals surface area contributed by atoms with E-state index in [1.807, 2.05) is 39.0 Å². The van der Waals surface area contributed by atoms with Gasteiger partial charge in [0.1, 0.15) is 5.69 Å². The molecule has 0 bridgehead atoms. The Morgan fingerprint density at radius 3 is 3.00 bits per heavy atom. The topological polar surface area (TPSA) is 46.9 Å². The number of carbonyl (C=O) groups is 1. The average Bonchev–Trinajstić information content (AvgIpc) is 2.65. The van der Waals surface area contributed by atoms with Gasteiger partial charge < -0.3 is 5.32 Å². The molecule has 4 heteroatoms. The summed E-state index contributed by atoms with van der Waals surface area (Å²) in [6.45, 7) is 7.21. The first-order valence-corrected chi connectivity index (χ1v) is 5.62. The van der Waals surface area contributed by atoms with Crippen molar-refractivity contribution in [3.8, 4) is 0 Å². The van der Waals surface area contributed by atoms with Crippen molar-refractivity contribution in [3.63, 3.8) is 0 Å². The minimum absolute atomic E-state index is 0.0491. The molecule has 0 aromatic carbocycles. The van der Waals surface area contributed by atoms with E-state index >= 15 is 0 Å². The van der Waals surface area contributed by atoms with Crippen LogP contribution < -0.4 is 5.32 Å². The van der Waals surface area contributed by atoms with Gasteiger partial charge >= 0.3 is 0 Å². The minimum Gasteiger partial charge on any atom is -0.350 e. The fourth-order valence-electron chi connectivity index (χ4n) is 1.50. The zero-order valence-electron chi connectivity index (χ0n) is 10.2. The molecule has 0 unspecified atom stereocenters. The highest BCUT2D eigenvalue weighted by molar-refractivity contribution is 5.92. The molecule has 0 aliphatic rings. The molecule has 0 aliphatic carbocycles. The second-order valence-electron chi connectivity index (χ2n) is 3.60. The molecular weight excluding hydrogens is 202 g/mol. The number of hydrogen-bond acceptors (Lipinski definition) is 2. The average molecular weight is 221 g/mol. The van der Waals surface area contributed by atoms with Crippen LogP contribution in [0.1, 0.15) is 36.5 Å². The largest absolute Gasteiger partial charge is 0.350 e. The summed E-state index contributed by atoms with van der Waals surface area (Å²) in [6.07, 6.45) is 4.87. The Morgan fingerprint density at radius 1 is 1.62 bits per heavy atom. The van der Waals surface area contributed by atoms with Crippen LogP contribution in [0, 0.1) is 6.92 Å². The van der Waals surface area contributed by atoms with Crippen molar-refractivity contribution in [2.45, 2.75) is 33.7 Å². The molecule has 1 heterocycles. The fourth-order valence-corrected chi connectivity index (χ4v) is 1.50. The Labute approximate surface area is 96.3 Å². The summed E-state index contributed by atoms with van der Waals surface area (Å²) in [6, 6.07) is 1.81. The normalized spacial score (nSPS) is 10.9. The lowest BCUT2D eigenvalue weighted by Crippen LogP contribution is -2.26. The van der Waals surface area contributed by atoms with Crippen molar-refractivity contribution in [2.24, 2.45) is 0 Å². The van der Waals surface area contributed by atoms with Gasteiger partial charge in [0.05, 0.1) is 5.69 Å². The van der Waals surface area contributed by atoms with Gasteiger partial charge in [-0.05, 0) is 33.3 Å². The van der Waals surface area contributed by atoms with Crippen molar-refractivity contribution >= 4 is 5.91 Å². The Hall–Kier alpha value is -1.58. The van der Waals surface area contributed by atoms with Crippen LogP contribution >= 0.6 is 0 Å². The van der Waals surface area contributed by atoms with Crippen LogP contribution in [0.5, 0.6) is 0 Å². The third-order valence-electron chi connectivity index (χ3n) is 2.27. The van der Waals surface area contributed by atoms with E-state index in [0.29, 0.717) is 18.8 Å². The first-order valence-electron chi connectivity index (χ1n) is 5.62. The van der Waals surface area contributed by atoms with Crippen LogP contribution in [-0.2, 0) is 6.54 Å². The van der Waals surface area contributed by atoms with Gasteiger partial charge in [0, 0.05) is 13.1 Å². The first-order chi connectivity index (χ1) is 7.69. The summed E-state index contributed by atoms with van der Waals surface area (Å²) in [5, 5.41) is 7.11. The lowest BCUT2D eigenvalue weighted by molar-refractivity contribution is 0.0943. The van der Waals surface area contributed by atoms with Crippen LogP contribution in [0.4, 0.5) is 0 Å². The number of hydrogen-bond donors (Lipinski definition) is 1. The van der Waals surface area contributed by atoms with Crippen LogP contribution in [0.2, 0.25) is 0 Å². The fraction of sp³-hybridized carbons (Fsp3) is 0.500. The maximum absolute atomic E-state index is 11.8. The number of nitrogens with zero attached hydrogens (tertiary/aromatic N) is 2. The van der Waals surface area contributed by atoms with Crippen molar-refractivity contribution in [1.82, 2.24) is 15.1 Å². The molecule has 0 saturated heterocycles. The summed E-state index contributed by atoms with van der Waals surface area (Å²) >= 11 is 0. The third kappa shape index (κ3) is 3.22. The summed E-state index contributed by atoms with van der Waals surface area (Å²) in [4.78, 5) is 11.8. The molecule has 88 valence electrons. The number of aryl methyl sites for hydroxylation is 2. The van der Waals surface area contributed by atoms with E-state index in [0.717, 1.165) is 12.1 Å². The highest BCUT2D eigenvalue weighted by Crippen LogP contribution is 2.03. The summed E-state index contributed by atoms with van der Waals surface area (Å²) in [7, 11) is 0. The molecule has 1 N–H and O–H groups in total. The van der Waals surface area contributed by atoms with Gasteiger partial charge in [0.25, 0.3) is 5.91 Å². The SMILES string of the molecule is C/C=C/CCNC(=O)c1cc(C)nn1CC. The quantitative estimate of drug-likeness (QED) is 0.610. The van der Waals surface area contributed by atoms with Gasteiger partial charge in [0.2, 0.25) is 0 Å². The number of amides is 1. The summed E-state index contributed by atoms with van der Waals surface area (Å²) in [5.41, 5.74) is 1.51. The number of aromatic nitrogens is 2. The number of carbonyl (C=O) groups excluding carboxylic acids is 1. The van der Waals surface area contributed by atoms with Gasteiger partial charge in [-0.2, -0.15) is 5.10 Å². The molecule has 4 nitrogen and oxygen atoms in total. The Morgan fingerprint density at radius 2 is 2.38 bits per heavy atom. The van der Waals surface area contributed by atoms with Crippen molar-refractivity contribution in [3.05, 3.63) is 29.6 Å². The van der Waals surface area contributed by atoms with Crippen LogP contribution in [0.15, 0.2) is 18.2 Å². The highest BCUT2D eigenvalue weighted by atomic mass is 16.2. The molecule has 1 rings (SSSR count). The molecule has 0 spiro atoms. The van der Waals surface area contributed by atoms with E-state index in [1.54, 1.807) is 4.68 Å². The van der Waals surface area contributed by atoms with E-state index in [9.17, 15) is 4.79 Å². The molecular formula is C12H19N3O. The van der Waals surface area contributed by atoms with Gasteiger partial charge in [0.15, 0.2) is 0 Å². The van der Waals surface area contributed by atoms with Crippen molar-refractivity contribution in [1.29, 1.82) is 0 Å². The Bertz CT molecular complexity index is 380. The van der Waals surface area contributed by atoms with Crippen LogP contribution in [-0.4, -0.2) is 22.2 Å². The second kappa shape index (κ2) is 6.10. The van der Waals surface area contributed by atoms with Gasteiger partial charge in [-0.1, -0.05) is 12.2 Å². The standard InChI is InChI=1S/C12H19N3O/c1-4-6-7-8-13-12(16)11-9-10(3)14-15(11)5-2/h4,6,9H,5,7-8H2,1-3H3,(H,13,16)/b6-4+. The molecule has 0 fully saturated rings. The summed E-state index contributed by atoms with van der Waals surface area (Å²) < 4.78 is 1.72. The van der Waals surface area contributed by atoms with E-state index in [4.69, 9.17) is 0 Å². The van der Waals surface area contributed by atoms with Gasteiger partial charge in [-0.25, -0.2) is 0 Å². The smallest absolute Gasteiger partial charge is 0.269 e. The van der Waals surface area contributed by atoms with E-state index in [1.165, 1.54) is 0 Å². The molecule has 0 atom stereocenters. The summed E-state index contributed by atoms with van der Waals surface area (Å²) in [5.74, 6) is -0.0491. The van der Waals surface area contributed by atoms with Crippen molar-refractivity contribution < 1.29 is 4.79 Å². The molecule has 0 radical (unpaired) electrons. The predicted molar refractivity (Wildman–Crippen MR) is 64.4 cm³/mol. The Balaban J connectivity index is 2.58. The number of nitrogens with one attached hydrogen (secondary N) is 1. The van der Waals surface area contributed by atoms with Crippen LogP contribution in [0.25, 0.3) is 0 Å². The maximum Gasteiger partial charge on any atom is 0.269 e. The van der Waals surface area contributed by atoms with E-state index in [-0.39, 0.29) is 5.91 Å². The highest BCUT2D eigenvalue weighted by Gasteiger charge is 2.11. The second-order valence-corrected chi connectivity index (χ2v) is 3.60. The van der Waals surface area contributed by atoms with E-state index < -0.39 is 0 Å². The zero-order chi connectivity index (χ0) is 12.0. The van der Waals surface area contributed by atoms with Gasteiger partial charge in [-0.15, -0.1) is 0 Å². The first kappa shape index (κ1) is 12.5. The number of allylic oxidation sites excluding steroid dienone is 1. The number of rotatable bonds is 5. The van der Waals surface area contributed by atoms with Gasteiger partial charge in [-0.3, -0.25) is 9.48 Å². The molecule has 0 aliphatic heterocycles. The molecule has 1 amide bonds. The Kier molecular flexibility index (Phi) is 4.76. The minimum atomic E-state index is -0.0491. The molecule has 16 heavy (non-hydrogen) atoms. The third-order valence-corrected chi connectivity index (χ3v) is 2.27. The zero-order valence-corrected chi connectivity index (χ0v) is 10.2. The predicted octanol–water partition coefficient (Wildman–Crippen LogP) is 1.91. The van der Waals surface area contributed by atoms with Crippen LogP contribution in [0.3, 0.4) is 0 Å². The van der Waals surface area contributed by atoms with Crippen molar-refractivity contribution in [2.75, 3.05) is 6.54 Å².